The van der Waals surface area contributed by atoms with Crippen LogP contribution in [0.1, 0.15) is 36.8 Å². The molecule has 1 saturated heterocycles. The number of amides is 1. The highest BCUT2D eigenvalue weighted by molar-refractivity contribution is 5.82. The lowest BCUT2D eigenvalue weighted by Gasteiger charge is -2.25. The summed E-state index contributed by atoms with van der Waals surface area (Å²) < 4.78 is 0. The second-order valence-corrected chi connectivity index (χ2v) is 8.46. The summed E-state index contributed by atoms with van der Waals surface area (Å²) in [5, 5.41) is 21.5. The van der Waals surface area contributed by atoms with Crippen molar-refractivity contribution in [3.63, 3.8) is 0 Å². The number of rotatable bonds is 5. The molecule has 2 aromatic carbocycles. The largest absolute Gasteiger partial charge is 0.339 e. The molecule has 1 aliphatic carbocycles. The van der Waals surface area contributed by atoms with E-state index in [1.807, 2.05) is 43.4 Å². The summed E-state index contributed by atoms with van der Waals surface area (Å²) in [4.78, 5) is 15.0. The maximum Gasteiger partial charge on any atom is 0.238 e. The molecular formula is C25H26N4O. The summed E-state index contributed by atoms with van der Waals surface area (Å²) in [7, 11) is 2.05. The summed E-state index contributed by atoms with van der Waals surface area (Å²) in [5.41, 5.74) is 3.75. The molecule has 0 bridgehead atoms. The minimum absolute atomic E-state index is 0.0207. The van der Waals surface area contributed by atoms with E-state index in [2.05, 4.69) is 22.4 Å². The van der Waals surface area contributed by atoms with E-state index in [0.29, 0.717) is 23.9 Å². The van der Waals surface area contributed by atoms with Crippen LogP contribution >= 0.6 is 0 Å². The third-order valence-corrected chi connectivity index (χ3v) is 6.68. The van der Waals surface area contributed by atoms with Gasteiger partial charge >= 0.3 is 0 Å². The van der Waals surface area contributed by atoms with Crippen LogP contribution in [0.4, 0.5) is 0 Å². The van der Waals surface area contributed by atoms with E-state index in [9.17, 15) is 10.1 Å². The SMILES string of the molecule is CN1[C@H](C(=O)N[C@H](C#N)Cc2ccc(-c3ccc(C#N)cc3)cc2)C[C@@H]2CCC[C@@H]21. The van der Waals surface area contributed by atoms with Crippen molar-refractivity contribution in [3.8, 4) is 23.3 Å². The van der Waals surface area contributed by atoms with E-state index in [4.69, 9.17) is 5.26 Å². The Morgan fingerprint density at radius 1 is 1.10 bits per heavy atom. The molecule has 0 radical (unpaired) electrons. The molecule has 0 unspecified atom stereocenters. The fourth-order valence-corrected chi connectivity index (χ4v) is 5.01. The number of hydrogen-bond donors (Lipinski definition) is 1. The molecule has 1 saturated carbocycles. The predicted molar refractivity (Wildman–Crippen MR) is 115 cm³/mol. The lowest BCUT2D eigenvalue weighted by Crippen LogP contribution is -2.47. The molecule has 2 aliphatic rings. The van der Waals surface area contributed by atoms with Crippen LogP contribution in [0.5, 0.6) is 0 Å². The Hall–Kier alpha value is -3.15. The Bertz CT molecular complexity index is 984. The van der Waals surface area contributed by atoms with Gasteiger partial charge in [-0.05, 0) is 61.1 Å². The first-order valence-electron chi connectivity index (χ1n) is 10.6. The van der Waals surface area contributed by atoms with Crippen LogP contribution in [0, 0.1) is 28.6 Å². The number of likely N-dealkylation sites (N-methyl/N-ethyl adjacent to an activating group) is 1. The standard InChI is InChI=1S/C25H26N4O/c1-29-23-4-2-3-21(23)14-24(29)25(30)28-22(16-27)13-17-5-9-19(10-6-17)20-11-7-18(15-26)8-12-20/h5-12,21-24H,2-4,13-14H2,1H3,(H,28,30)/t21-,22-,23-,24-/m0/s1. The molecule has 2 fully saturated rings. The Morgan fingerprint density at radius 2 is 1.77 bits per heavy atom. The van der Waals surface area contributed by atoms with E-state index >= 15 is 0 Å². The van der Waals surface area contributed by atoms with E-state index < -0.39 is 6.04 Å². The quantitative estimate of drug-likeness (QED) is 0.834. The topological polar surface area (TPSA) is 79.9 Å². The number of carbonyl (C=O) groups excluding carboxylic acids is 1. The van der Waals surface area contributed by atoms with Gasteiger partial charge in [0, 0.05) is 12.5 Å². The number of nitrogens with zero attached hydrogens (tertiary/aromatic N) is 3. The van der Waals surface area contributed by atoms with E-state index in [-0.39, 0.29) is 11.9 Å². The highest BCUT2D eigenvalue weighted by Gasteiger charge is 2.44. The zero-order valence-corrected chi connectivity index (χ0v) is 17.2. The number of nitriles is 2. The molecule has 4 rings (SSSR count). The Balaban J connectivity index is 1.37. The maximum atomic E-state index is 12.8. The number of likely N-dealkylation sites (tertiary alicyclic amines) is 1. The first-order chi connectivity index (χ1) is 14.6. The molecular weight excluding hydrogens is 372 g/mol. The minimum atomic E-state index is -0.535. The average molecular weight is 399 g/mol. The monoisotopic (exact) mass is 398 g/mol. The molecule has 30 heavy (non-hydrogen) atoms. The number of fused-ring (bicyclic) bond motifs is 1. The minimum Gasteiger partial charge on any atom is -0.339 e. The zero-order chi connectivity index (χ0) is 21.1. The van der Waals surface area contributed by atoms with Crippen LogP contribution in [0.2, 0.25) is 0 Å². The van der Waals surface area contributed by atoms with Gasteiger partial charge in [-0.1, -0.05) is 42.8 Å². The summed E-state index contributed by atoms with van der Waals surface area (Å²) in [6.07, 6.45) is 5.04. The van der Waals surface area contributed by atoms with Crippen molar-refractivity contribution >= 4 is 5.91 Å². The number of nitrogens with one attached hydrogen (secondary N) is 1. The first kappa shape index (κ1) is 20.1. The Kier molecular flexibility index (Phi) is 5.84. The summed E-state index contributed by atoms with van der Waals surface area (Å²) in [6, 6.07) is 19.7. The Morgan fingerprint density at radius 3 is 2.37 bits per heavy atom. The van der Waals surface area contributed by atoms with Crippen molar-refractivity contribution in [2.75, 3.05) is 7.05 Å². The second kappa shape index (κ2) is 8.69. The van der Waals surface area contributed by atoms with Gasteiger partial charge in [-0.25, -0.2) is 0 Å². The summed E-state index contributed by atoms with van der Waals surface area (Å²) in [5.74, 6) is 0.605. The van der Waals surface area contributed by atoms with Crippen LogP contribution in [-0.4, -0.2) is 36.0 Å². The predicted octanol–water partition coefficient (Wildman–Crippen LogP) is 3.65. The smallest absolute Gasteiger partial charge is 0.238 e. The van der Waals surface area contributed by atoms with Gasteiger partial charge in [-0.15, -0.1) is 0 Å². The molecule has 1 amide bonds. The van der Waals surface area contributed by atoms with E-state index in [1.54, 1.807) is 12.1 Å². The first-order valence-corrected chi connectivity index (χ1v) is 10.6. The van der Waals surface area contributed by atoms with Gasteiger partial charge in [-0.3, -0.25) is 9.69 Å². The molecule has 1 N–H and O–H groups in total. The van der Waals surface area contributed by atoms with E-state index in [1.165, 1.54) is 19.3 Å². The van der Waals surface area contributed by atoms with Gasteiger partial charge in [0.2, 0.25) is 5.91 Å². The van der Waals surface area contributed by atoms with Gasteiger partial charge < -0.3 is 5.32 Å². The third kappa shape index (κ3) is 4.08. The second-order valence-electron chi connectivity index (χ2n) is 8.46. The average Bonchev–Trinajstić information content (AvgIpc) is 3.37. The lowest BCUT2D eigenvalue weighted by atomic mass is 9.99. The Labute approximate surface area is 177 Å². The van der Waals surface area contributed by atoms with Crippen LogP contribution in [0.3, 0.4) is 0 Å². The van der Waals surface area contributed by atoms with Gasteiger partial charge in [0.15, 0.2) is 0 Å². The van der Waals surface area contributed by atoms with Crippen molar-refractivity contribution in [3.05, 3.63) is 59.7 Å². The van der Waals surface area contributed by atoms with Crippen LogP contribution in [-0.2, 0) is 11.2 Å². The highest BCUT2D eigenvalue weighted by atomic mass is 16.2. The van der Waals surface area contributed by atoms with Crippen molar-refractivity contribution in [2.45, 2.75) is 50.2 Å². The molecule has 4 atom stereocenters. The van der Waals surface area contributed by atoms with Crippen LogP contribution in [0.25, 0.3) is 11.1 Å². The van der Waals surface area contributed by atoms with Crippen LogP contribution in [0.15, 0.2) is 48.5 Å². The lowest BCUT2D eigenvalue weighted by molar-refractivity contribution is -0.125. The van der Waals surface area contributed by atoms with Gasteiger partial charge in [0.25, 0.3) is 0 Å². The summed E-state index contributed by atoms with van der Waals surface area (Å²) in [6.45, 7) is 0. The summed E-state index contributed by atoms with van der Waals surface area (Å²) >= 11 is 0. The zero-order valence-electron chi connectivity index (χ0n) is 17.2. The molecule has 1 heterocycles. The van der Waals surface area contributed by atoms with Crippen molar-refractivity contribution < 1.29 is 4.79 Å². The van der Waals surface area contributed by atoms with E-state index in [0.717, 1.165) is 23.1 Å². The van der Waals surface area contributed by atoms with Crippen LogP contribution < -0.4 is 5.32 Å². The fraction of sp³-hybridized carbons (Fsp3) is 0.400. The normalized spacial score (nSPS) is 23.9. The fourth-order valence-electron chi connectivity index (χ4n) is 5.01. The number of carbonyl (C=O) groups is 1. The molecule has 0 aromatic heterocycles. The maximum absolute atomic E-state index is 12.8. The van der Waals surface area contributed by atoms with Crippen molar-refractivity contribution in [1.82, 2.24) is 10.2 Å². The highest BCUT2D eigenvalue weighted by Crippen LogP contribution is 2.40. The van der Waals surface area contributed by atoms with Crippen molar-refractivity contribution in [2.24, 2.45) is 5.92 Å². The van der Waals surface area contributed by atoms with Crippen molar-refractivity contribution in [1.29, 1.82) is 10.5 Å². The van der Waals surface area contributed by atoms with Gasteiger partial charge in [0.1, 0.15) is 6.04 Å². The number of hydrogen-bond acceptors (Lipinski definition) is 4. The number of benzene rings is 2. The molecule has 0 spiro atoms. The third-order valence-electron chi connectivity index (χ3n) is 6.68. The molecule has 1 aliphatic heterocycles. The molecule has 152 valence electrons. The van der Waals surface area contributed by atoms with Gasteiger partial charge in [0.05, 0.1) is 23.7 Å². The molecule has 5 nitrogen and oxygen atoms in total. The van der Waals surface area contributed by atoms with Gasteiger partial charge in [-0.2, -0.15) is 10.5 Å². The molecule has 5 heteroatoms. The molecule has 2 aromatic rings.